The van der Waals surface area contributed by atoms with Gasteiger partial charge in [-0.15, -0.1) is 0 Å². The molecule has 104 valence electrons. The minimum atomic E-state index is 0.503. The molecule has 0 spiro atoms. The summed E-state index contributed by atoms with van der Waals surface area (Å²) in [5.74, 6) is 1.86. The van der Waals surface area contributed by atoms with Crippen molar-refractivity contribution in [1.82, 2.24) is 0 Å². The summed E-state index contributed by atoms with van der Waals surface area (Å²) in [4.78, 5) is 0. The van der Waals surface area contributed by atoms with Crippen LogP contribution in [-0.4, -0.2) is 0 Å². The van der Waals surface area contributed by atoms with E-state index >= 15 is 0 Å². The fourth-order valence-corrected chi connectivity index (χ4v) is 2.77. The summed E-state index contributed by atoms with van der Waals surface area (Å²) in [5.41, 5.74) is 0.503. The van der Waals surface area contributed by atoms with Crippen LogP contribution >= 0.6 is 0 Å². The van der Waals surface area contributed by atoms with Crippen molar-refractivity contribution in [3.63, 3.8) is 0 Å². The van der Waals surface area contributed by atoms with Crippen LogP contribution in [0, 0.1) is 17.3 Å². The Bertz CT molecular complexity index is 163. The molecule has 0 aliphatic rings. The molecular formula is C17H36. The van der Waals surface area contributed by atoms with Crippen molar-refractivity contribution < 1.29 is 0 Å². The van der Waals surface area contributed by atoms with Gasteiger partial charge in [-0.05, 0) is 23.7 Å². The van der Waals surface area contributed by atoms with Crippen molar-refractivity contribution in [2.45, 2.75) is 92.9 Å². The zero-order valence-corrected chi connectivity index (χ0v) is 13.3. The van der Waals surface area contributed by atoms with Gasteiger partial charge >= 0.3 is 0 Å². The third-order valence-corrected chi connectivity index (χ3v) is 4.16. The molecule has 0 radical (unpaired) electrons. The number of unbranched alkanes of at least 4 members (excludes halogenated alkanes) is 1. The van der Waals surface area contributed by atoms with E-state index in [1.807, 2.05) is 0 Å². The molecule has 0 amide bonds. The second-order valence-electron chi connectivity index (χ2n) is 7.03. The summed E-state index contributed by atoms with van der Waals surface area (Å²) >= 11 is 0. The first-order valence-corrected chi connectivity index (χ1v) is 7.91. The molecule has 17 heavy (non-hydrogen) atoms. The van der Waals surface area contributed by atoms with E-state index in [-0.39, 0.29) is 0 Å². The minimum absolute atomic E-state index is 0.503. The van der Waals surface area contributed by atoms with Crippen LogP contribution in [0.15, 0.2) is 0 Å². The molecule has 0 N–H and O–H groups in total. The van der Waals surface area contributed by atoms with E-state index in [1.165, 1.54) is 51.4 Å². The van der Waals surface area contributed by atoms with E-state index in [1.54, 1.807) is 0 Å². The first kappa shape index (κ1) is 17.0. The Morgan fingerprint density at radius 1 is 0.765 bits per heavy atom. The predicted octanol–water partition coefficient (Wildman–Crippen LogP) is 6.45. The van der Waals surface area contributed by atoms with Gasteiger partial charge in [0, 0.05) is 0 Å². The summed E-state index contributed by atoms with van der Waals surface area (Å²) in [6.07, 6.45) is 11.3. The average molecular weight is 240 g/mol. The van der Waals surface area contributed by atoms with Gasteiger partial charge in [-0.1, -0.05) is 86.5 Å². The van der Waals surface area contributed by atoms with Crippen LogP contribution in [0.4, 0.5) is 0 Å². The Morgan fingerprint density at radius 3 is 1.82 bits per heavy atom. The number of hydrogen-bond donors (Lipinski definition) is 0. The molecule has 2 unspecified atom stereocenters. The smallest absolute Gasteiger partial charge is 0.0354 e. The Balaban J connectivity index is 3.82. The molecule has 0 aliphatic heterocycles. The Kier molecular flexibility index (Phi) is 9.00. The highest BCUT2D eigenvalue weighted by molar-refractivity contribution is 4.74. The molecule has 0 aromatic rings. The van der Waals surface area contributed by atoms with Crippen molar-refractivity contribution in [2.75, 3.05) is 0 Å². The SMILES string of the molecule is CCCCC(C)CCCC(CCC)C(C)(C)C. The zero-order chi connectivity index (χ0) is 13.3. The first-order chi connectivity index (χ1) is 7.91. The zero-order valence-electron chi connectivity index (χ0n) is 13.3. The van der Waals surface area contributed by atoms with Gasteiger partial charge in [0.25, 0.3) is 0 Å². The van der Waals surface area contributed by atoms with Crippen LogP contribution in [0.2, 0.25) is 0 Å². The Morgan fingerprint density at radius 2 is 1.35 bits per heavy atom. The van der Waals surface area contributed by atoms with E-state index in [0.29, 0.717) is 5.41 Å². The van der Waals surface area contributed by atoms with Crippen LogP contribution in [0.1, 0.15) is 92.9 Å². The van der Waals surface area contributed by atoms with Crippen molar-refractivity contribution >= 4 is 0 Å². The van der Waals surface area contributed by atoms with Gasteiger partial charge in [-0.25, -0.2) is 0 Å². The van der Waals surface area contributed by atoms with Crippen molar-refractivity contribution in [1.29, 1.82) is 0 Å². The van der Waals surface area contributed by atoms with Gasteiger partial charge in [0.05, 0.1) is 0 Å². The molecule has 0 heterocycles. The maximum Gasteiger partial charge on any atom is -0.0354 e. The van der Waals surface area contributed by atoms with Crippen LogP contribution in [0.3, 0.4) is 0 Å². The Hall–Kier alpha value is 0. The first-order valence-electron chi connectivity index (χ1n) is 7.91. The van der Waals surface area contributed by atoms with Crippen LogP contribution in [0.25, 0.3) is 0 Å². The lowest BCUT2D eigenvalue weighted by molar-refractivity contribution is 0.201. The molecule has 0 fully saturated rings. The number of rotatable bonds is 9. The molecule has 0 aromatic carbocycles. The van der Waals surface area contributed by atoms with Gasteiger partial charge in [0.1, 0.15) is 0 Å². The standard InChI is InChI=1S/C17H36/c1-7-9-12-15(3)13-10-14-16(11-8-2)17(4,5)6/h15-16H,7-14H2,1-6H3. The highest BCUT2D eigenvalue weighted by Crippen LogP contribution is 2.34. The van der Waals surface area contributed by atoms with E-state index in [9.17, 15) is 0 Å². The fraction of sp³-hybridized carbons (Fsp3) is 1.00. The van der Waals surface area contributed by atoms with Crippen molar-refractivity contribution in [3.8, 4) is 0 Å². The summed E-state index contributed by atoms with van der Waals surface area (Å²) in [6, 6.07) is 0. The molecular weight excluding hydrogens is 204 g/mol. The molecule has 0 heteroatoms. The molecule has 2 atom stereocenters. The van der Waals surface area contributed by atoms with E-state index in [2.05, 4.69) is 41.5 Å². The monoisotopic (exact) mass is 240 g/mol. The Labute approximate surface area is 111 Å². The molecule has 0 aliphatic carbocycles. The lowest BCUT2D eigenvalue weighted by Crippen LogP contribution is -2.20. The summed E-state index contributed by atoms with van der Waals surface area (Å²) in [7, 11) is 0. The third-order valence-electron chi connectivity index (χ3n) is 4.16. The molecule has 0 nitrogen and oxygen atoms in total. The van der Waals surface area contributed by atoms with Gasteiger partial charge in [0.15, 0.2) is 0 Å². The lowest BCUT2D eigenvalue weighted by atomic mass is 9.75. The van der Waals surface area contributed by atoms with Crippen LogP contribution in [0.5, 0.6) is 0 Å². The lowest BCUT2D eigenvalue weighted by Gasteiger charge is -2.31. The van der Waals surface area contributed by atoms with E-state index < -0.39 is 0 Å². The molecule has 0 bridgehead atoms. The second kappa shape index (κ2) is 9.00. The van der Waals surface area contributed by atoms with Crippen molar-refractivity contribution in [3.05, 3.63) is 0 Å². The van der Waals surface area contributed by atoms with Gasteiger partial charge in [0.2, 0.25) is 0 Å². The highest BCUT2D eigenvalue weighted by atomic mass is 14.3. The second-order valence-corrected chi connectivity index (χ2v) is 7.03. The van der Waals surface area contributed by atoms with Gasteiger partial charge in [-0.3, -0.25) is 0 Å². The normalized spacial score (nSPS) is 15.9. The third kappa shape index (κ3) is 8.69. The fourth-order valence-electron chi connectivity index (χ4n) is 2.77. The van der Waals surface area contributed by atoms with Crippen molar-refractivity contribution in [2.24, 2.45) is 17.3 Å². The van der Waals surface area contributed by atoms with Crippen LogP contribution in [-0.2, 0) is 0 Å². The molecule has 0 aromatic heterocycles. The maximum atomic E-state index is 2.43. The molecule has 0 rings (SSSR count). The average Bonchev–Trinajstić information content (AvgIpc) is 2.23. The van der Waals surface area contributed by atoms with Crippen LogP contribution < -0.4 is 0 Å². The summed E-state index contributed by atoms with van der Waals surface area (Å²) < 4.78 is 0. The van der Waals surface area contributed by atoms with Gasteiger partial charge < -0.3 is 0 Å². The summed E-state index contributed by atoms with van der Waals surface area (Å²) in [6.45, 7) is 14.3. The largest absolute Gasteiger partial charge is 0.0654 e. The molecule has 0 saturated carbocycles. The molecule has 0 saturated heterocycles. The topological polar surface area (TPSA) is 0 Å². The van der Waals surface area contributed by atoms with E-state index in [4.69, 9.17) is 0 Å². The summed E-state index contributed by atoms with van der Waals surface area (Å²) in [5, 5.41) is 0. The highest BCUT2D eigenvalue weighted by Gasteiger charge is 2.23. The van der Waals surface area contributed by atoms with Gasteiger partial charge in [-0.2, -0.15) is 0 Å². The minimum Gasteiger partial charge on any atom is -0.0654 e. The quantitative estimate of drug-likeness (QED) is 0.434. The predicted molar refractivity (Wildman–Crippen MR) is 80.4 cm³/mol. The van der Waals surface area contributed by atoms with E-state index in [0.717, 1.165) is 11.8 Å². The maximum absolute atomic E-state index is 2.43. The number of hydrogen-bond acceptors (Lipinski definition) is 0.